The van der Waals surface area contributed by atoms with Crippen LogP contribution in [0, 0.1) is 29.6 Å². The van der Waals surface area contributed by atoms with Gasteiger partial charge in [-0.25, -0.2) is 0 Å². The first-order valence-corrected chi connectivity index (χ1v) is 58.9. The number of hydrogen-bond acceptors (Lipinski definition) is 4. The molecular weight excluding hydrogens is 1730 g/mol. The zero-order chi connectivity index (χ0) is 92.4. The quantitative estimate of drug-likeness (QED) is 0.0591. The smallest absolute Gasteiger partial charge is 0.179 e. The first kappa shape index (κ1) is 87.8. The standard InChI is InChI=1S/C51H47NSi2.C33H33NSi.C27H27N.C21H23N/c1-7-19-44(20-8-1)53(45-21-9-2-10-22-45,46-23-11-3-12-24-46)50-36-43(52-41-32-39-31-40(34-41)35-42(52)33-39)37-51(38-50)54(47-25-13-4-14-26-47,48-27-15-5-16-28-48)49-29-17-6-18-30-49;1-4-10-30(11-5-1)35(31-12-6-2-7-13-31,32-14-8-3-9-15-32)33-18-16-27(17-19-33)34-28-21-25-20-26(23-28)24-29(34)22-25;1-4-10-21(11-5-1)26-16-24-18-27(20-26,22-12-6-2-7-13-22)19-25(17-26)28(24)23-14-8-3-9-15-23;1-3-7-17(8-4-1)21-13-16-11-19(14-21)22(20(12-16)15-21)18-9-5-2-6-10-18/h1-30,36-42H,31-35H2;1-19,25-26,28-29H,20-24H2;1-15,24-25H,16-20H2;1-10,16,19-20H,11-15H2. The van der Waals surface area contributed by atoms with E-state index in [-0.39, 0.29) is 0 Å². The van der Waals surface area contributed by atoms with Gasteiger partial charge in [0.1, 0.15) is 0 Å². The minimum Gasteiger partial charge on any atom is -0.366 e. The second kappa shape index (κ2) is 37.2. The highest BCUT2D eigenvalue weighted by atomic mass is 28.3. The van der Waals surface area contributed by atoms with Crippen molar-refractivity contribution in [3.8, 4) is 0 Å². The summed E-state index contributed by atoms with van der Waals surface area (Å²) in [6.45, 7) is 0. The fourth-order valence-corrected chi connectivity index (χ4v) is 46.5. The van der Waals surface area contributed by atoms with Gasteiger partial charge in [-0.3, -0.25) is 0 Å². The van der Waals surface area contributed by atoms with E-state index in [1.165, 1.54) is 213 Å². The molecule has 16 bridgehead atoms. The molecule has 16 aromatic carbocycles. The van der Waals surface area contributed by atoms with E-state index in [1.807, 2.05) is 0 Å². The Morgan fingerprint density at radius 3 is 0.633 bits per heavy atom. The molecule has 32 rings (SSSR count). The van der Waals surface area contributed by atoms with Crippen LogP contribution in [0.4, 0.5) is 22.7 Å². The van der Waals surface area contributed by atoms with Crippen LogP contribution in [0.3, 0.4) is 0 Å². The number of para-hydroxylation sites is 2. The van der Waals surface area contributed by atoms with Crippen molar-refractivity contribution in [1.29, 1.82) is 0 Å². The van der Waals surface area contributed by atoms with Crippen molar-refractivity contribution in [1.82, 2.24) is 0 Å². The Morgan fingerprint density at radius 1 is 0.151 bits per heavy atom. The van der Waals surface area contributed by atoms with E-state index in [4.69, 9.17) is 0 Å². The van der Waals surface area contributed by atoms with Gasteiger partial charge in [-0.15, -0.1) is 0 Å². The lowest BCUT2D eigenvalue weighted by Gasteiger charge is -2.67. The van der Waals surface area contributed by atoms with Gasteiger partial charge in [0, 0.05) is 81.9 Å². The third-order valence-electron chi connectivity index (χ3n) is 36.5. The van der Waals surface area contributed by atoms with Gasteiger partial charge in [0.25, 0.3) is 0 Å². The third-order valence-corrected chi connectivity index (χ3v) is 50.8. The van der Waals surface area contributed by atoms with Crippen molar-refractivity contribution < 1.29 is 0 Å². The van der Waals surface area contributed by atoms with E-state index < -0.39 is 24.2 Å². The molecule has 2 unspecified atom stereocenters. The van der Waals surface area contributed by atoms with Crippen molar-refractivity contribution in [3.63, 3.8) is 0 Å². The average Bonchev–Trinajstić information content (AvgIpc) is 0.699. The summed E-state index contributed by atoms with van der Waals surface area (Å²) in [7, 11) is -8.13. The molecule has 16 fully saturated rings. The van der Waals surface area contributed by atoms with Crippen LogP contribution in [0.2, 0.25) is 0 Å². The van der Waals surface area contributed by atoms with E-state index in [9.17, 15) is 0 Å². The summed E-state index contributed by atoms with van der Waals surface area (Å²) >= 11 is 0. The summed E-state index contributed by atoms with van der Waals surface area (Å²) in [6.07, 6.45) is 27.3. The molecule has 8 heterocycles. The van der Waals surface area contributed by atoms with Gasteiger partial charge in [0.2, 0.25) is 0 Å². The molecular formula is C132H130N4Si3. The maximum absolute atomic E-state index is 2.94. The Labute approximate surface area is 829 Å². The fourth-order valence-electron chi connectivity index (χ4n) is 32.0. The number of benzene rings is 16. The molecule has 8 aliphatic heterocycles. The van der Waals surface area contributed by atoms with Crippen LogP contribution in [0.25, 0.3) is 0 Å². The van der Waals surface area contributed by atoms with E-state index in [2.05, 4.69) is 487 Å². The van der Waals surface area contributed by atoms with Gasteiger partial charge >= 0.3 is 0 Å². The number of piperidine rings is 8. The summed E-state index contributed by atoms with van der Waals surface area (Å²) in [5.74, 6) is 4.70. The Morgan fingerprint density at radius 2 is 0.353 bits per heavy atom. The minimum atomic E-state index is -2.85. The first-order valence-electron chi connectivity index (χ1n) is 52.9. The molecule has 8 saturated carbocycles. The first-order chi connectivity index (χ1) is 68.7. The molecule has 0 amide bonds. The van der Waals surface area contributed by atoms with Crippen LogP contribution in [0.5, 0.6) is 0 Å². The number of rotatable bonds is 19. The monoisotopic (exact) mass is 1850 g/mol. The van der Waals surface area contributed by atoms with Gasteiger partial charge in [-0.1, -0.05) is 419 Å². The van der Waals surface area contributed by atoms with Gasteiger partial charge in [0.15, 0.2) is 24.2 Å². The van der Waals surface area contributed by atoms with Crippen molar-refractivity contribution in [2.45, 2.75) is 193 Å². The minimum absolute atomic E-state index is 0.328. The highest BCUT2D eigenvalue weighted by Crippen LogP contribution is 2.64. The number of nitrogens with zero attached hydrogens (tertiary/aromatic N) is 4. The Kier molecular flexibility index (Phi) is 23.5. The molecule has 2 atom stereocenters. The topological polar surface area (TPSA) is 13.0 Å². The Balaban J connectivity index is 0.000000104. The highest BCUT2D eigenvalue weighted by Gasteiger charge is 2.63. The zero-order valence-electron chi connectivity index (χ0n) is 80.4. The molecule has 0 radical (unpaired) electrons. The van der Waals surface area contributed by atoms with Crippen molar-refractivity contribution in [2.75, 3.05) is 19.6 Å². The molecule has 0 spiro atoms. The summed E-state index contributed by atoms with van der Waals surface area (Å²) in [5.41, 5.74) is 11.6. The lowest BCUT2D eigenvalue weighted by molar-refractivity contribution is 0.0329. The van der Waals surface area contributed by atoms with E-state index in [0.29, 0.717) is 40.4 Å². The number of anilines is 4. The lowest BCUT2D eigenvalue weighted by atomic mass is 9.46. The maximum atomic E-state index is 2.94. The molecule has 16 aromatic rings. The van der Waals surface area contributed by atoms with Crippen LogP contribution in [0.1, 0.15) is 145 Å². The molecule has 8 saturated heterocycles. The maximum Gasteiger partial charge on any atom is 0.179 e. The van der Waals surface area contributed by atoms with Gasteiger partial charge in [-0.2, -0.15) is 0 Å². The second-order valence-electron chi connectivity index (χ2n) is 44.1. The van der Waals surface area contributed by atoms with Crippen molar-refractivity contribution >= 4 is 109 Å². The number of hydrogen-bond donors (Lipinski definition) is 0. The summed E-state index contributed by atoms with van der Waals surface area (Å²) in [5, 5.41) is 17.3. The third kappa shape index (κ3) is 15.7. The Hall–Kier alpha value is -12.6. The fraction of sp³-hybridized carbons (Fsp3) is 0.273. The van der Waals surface area contributed by atoms with Crippen LogP contribution in [-0.4, -0.2) is 72.6 Å². The molecule has 0 N–H and O–H groups in total. The van der Waals surface area contributed by atoms with Crippen molar-refractivity contribution in [2.24, 2.45) is 29.6 Å². The van der Waals surface area contributed by atoms with Gasteiger partial charge in [0.05, 0.1) is 0 Å². The average molecular weight is 1860 g/mol. The predicted octanol–water partition coefficient (Wildman–Crippen LogP) is 21.9. The summed E-state index contributed by atoms with van der Waals surface area (Å²) < 4.78 is 0. The highest BCUT2D eigenvalue weighted by molar-refractivity contribution is 7.22. The zero-order valence-corrected chi connectivity index (χ0v) is 83.4. The van der Waals surface area contributed by atoms with Gasteiger partial charge < -0.3 is 19.6 Å². The summed E-state index contributed by atoms with van der Waals surface area (Å²) in [4.78, 5) is 11.3. The molecule has 690 valence electrons. The van der Waals surface area contributed by atoms with Crippen LogP contribution < -0.4 is 81.8 Å². The van der Waals surface area contributed by atoms with Crippen LogP contribution in [-0.2, 0) is 16.2 Å². The van der Waals surface area contributed by atoms with Crippen LogP contribution >= 0.6 is 0 Å². The van der Waals surface area contributed by atoms with E-state index >= 15 is 0 Å². The SMILES string of the molecule is c1ccc(N2C3CC4(c5ccccc5)CC2CC(c2ccccc2)(C3)C4)cc1.c1ccc(N2C3CC4CC2CC(c2ccccc2)(C4)C3)cc1.c1ccc([Si](c2ccccc2)(c2ccccc2)c2cc(N3C4CC5CC(C4)CC3C5)cc([Si](c3ccccc3)(c3ccccc3)c3ccccc3)c2)cc1.c1ccc([Si](c2ccccc2)(c2ccccc2)c2ccc(N3C4CC5CC(C4)CC3C5)cc2)cc1. The summed E-state index contributed by atoms with van der Waals surface area (Å²) in [6, 6.07) is 183. The largest absolute Gasteiger partial charge is 0.366 e. The second-order valence-corrected chi connectivity index (χ2v) is 55.5. The molecule has 16 aliphatic rings. The van der Waals surface area contributed by atoms with Gasteiger partial charge in [-0.05, 0) is 291 Å². The molecule has 7 heteroatoms. The lowest BCUT2D eigenvalue weighted by Crippen LogP contribution is -2.78. The molecule has 4 nitrogen and oxygen atoms in total. The van der Waals surface area contributed by atoms with Crippen LogP contribution in [0.15, 0.2) is 467 Å². The Bertz CT molecular complexity index is 6240. The molecule has 139 heavy (non-hydrogen) atoms. The predicted molar refractivity (Wildman–Crippen MR) is 591 cm³/mol. The van der Waals surface area contributed by atoms with E-state index in [0.717, 1.165) is 53.8 Å². The van der Waals surface area contributed by atoms with Crippen molar-refractivity contribution in [3.05, 3.63) is 484 Å². The molecule has 0 aromatic heterocycles. The van der Waals surface area contributed by atoms with E-state index in [1.54, 1.807) is 16.7 Å². The molecule has 8 aliphatic carbocycles. The normalized spacial score (nSPS) is 26.7.